The highest BCUT2D eigenvalue weighted by molar-refractivity contribution is 5.53. The van der Waals surface area contributed by atoms with Crippen LogP contribution in [0, 0.1) is 11.8 Å². The van der Waals surface area contributed by atoms with E-state index in [0.717, 1.165) is 30.6 Å². The Bertz CT molecular complexity index is 519. The summed E-state index contributed by atoms with van der Waals surface area (Å²) >= 11 is 0. The van der Waals surface area contributed by atoms with E-state index in [2.05, 4.69) is 9.47 Å². The number of aldehydes is 1. The average Bonchev–Trinajstić information content (AvgIpc) is 2.48. The number of carbonyl (C=O) groups is 1. The molecule has 0 aliphatic heterocycles. The molecule has 1 aromatic rings. The number of carbonyl (C=O) groups excluding carboxylic acids is 1. The molecule has 0 aromatic heterocycles. The third kappa shape index (κ3) is 5.07. The summed E-state index contributed by atoms with van der Waals surface area (Å²) in [6.07, 6.45) is -6.44. The molecule has 128 valence electrons. The molecular weight excluding hydrogens is 323 g/mol. The predicted molar refractivity (Wildman–Crippen MR) is 70.2 cm³/mol. The van der Waals surface area contributed by atoms with Crippen LogP contribution in [0.3, 0.4) is 0 Å². The maximum atomic E-state index is 14.1. The topological polar surface area (TPSA) is 35.5 Å². The van der Waals surface area contributed by atoms with Gasteiger partial charge in [-0.1, -0.05) is 0 Å². The van der Waals surface area contributed by atoms with Crippen molar-refractivity contribution in [3.05, 3.63) is 24.3 Å². The minimum Gasteiger partial charge on any atom is -0.432 e. The second-order valence-electron chi connectivity index (χ2n) is 5.43. The van der Waals surface area contributed by atoms with Crippen LogP contribution in [0.15, 0.2) is 24.3 Å². The van der Waals surface area contributed by atoms with Crippen LogP contribution in [-0.4, -0.2) is 18.8 Å². The van der Waals surface area contributed by atoms with Crippen LogP contribution < -0.4 is 9.47 Å². The van der Waals surface area contributed by atoms with E-state index < -0.39 is 24.1 Å². The lowest BCUT2D eigenvalue weighted by molar-refractivity contribution is -0.274. The summed E-state index contributed by atoms with van der Waals surface area (Å²) in [6.45, 7) is 0. The number of hydrogen-bond acceptors (Lipinski definition) is 3. The first-order valence-corrected chi connectivity index (χ1v) is 7.07. The fourth-order valence-corrected chi connectivity index (χ4v) is 2.54. The van der Waals surface area contributed by atoms with Gasteiger partial charge >= 0.3 is 12.5 Å². The molecule has 1 aliphatic rings. The molecule has 0 amide bonds. The zero-order valence-electron chi connectivity index (χ0n) is 12.0. The van der Waals surface area contributed by atoms with Crippen molar-refractivity contribution in [2.24, 2.45) is 11.8 Å². The number of alkyl halides is 5. The highest BCUT2D eigenvalue weighted by atomic mass is 19.4. The van der Waals surface area contributed by atoms with Crippen LogP contribution in [0.25, 0.3) is 0 Å². The first-order chi connectivity index (χ1) is 10.7. The van der Waals surface area contributed by atoms with Gasteiger partial charge in [-0.25, -0.2) is 0 Å². The minimum atomic E-state index is -4.84. The zero-order valence-corrected chi connectivity index (χ0v) is 12.0. The van der Waals surface area contributed by atoms with E-state index in [4.69, 9.17) is 0 Å². The molecule has 0 N–H and O–H groups in total. The lowest BCUT2D eigenvalue weighted by atomic mass is 9.82. The Morgan fingerprint density at radius 1 is 0.870 bits per heavy atom. The van der Waals surface area contributed by atoms with Crippen molar-refractivity contribution in [2.45, 2.75) is 38.2 Å². The number of halogens is 5. The van der Waals surface area contributed by atoms with Crippen molar-refractivity contribution in [2.75, 3.05) is 0 Å². The molecule has 0 radical (unpaired) electrons. The second-order valence-corrected chi connectivity index (χ2v) is 5.43. The van der Waals surface area contributed by atoms with Crippen molar-refractivity contribution in [3.8, 4) is 11.5 Å². The molecule has 3 nitrogen and oxygen atoms in total. The molecule has 23 heavy (non-hydrogen) atoms. The van der Waals surface area contributed by atoms with Crippen molar-refractivity contribution < 1.29 is 36.2 Å². The van der Waals surface area contributed by atoms with E-state index in [1.165, 1.54) is 0 Å². The van der Waals surface area contributed by atoms with E-state index in [1.807, 2.05) is 0 Å². The third-order valence-corrected chi connectivity index (χ3v) is 3.75. The van der Waals surface area contributed by atoms with Gasteiger partial charge in [-0.3, -0.25) is 0 Å². The molecule has 0 saturated heterocycles. The number of benzene rings is 1. The van der Waals surface area contributed by atoms with Crippen LogP contribution in [0.2, 0.25) is 0 Å². The summed E-state index contributed by atoms with van der Waals surface area (Å²) in [5, 5.41) is 0. The first-order valence-electron chi connectivity index (χ1n) is 7.07. The van der Waals surface area contributed by atoms with Gasteiger partial charge in [0.05, 0.1) is 5.92 Å². The van der Waals surface area contributed by atoms with Crippen LogP contribution in [0.4, 0.5) is 22.0 Å². The van der Waals surface area contributed by atoms with E-state index in [-0.39, 0.29) is 24.5 Å². The minimum absolute atomic E-state index is 0.158. The SMILES string of the molecule is O=CC1CCC(C(F)(F)Oc2ccc(OC(F)(F)F)cc2)CC1. The van der Waals surface area contributed by atoms with Crippen LogP contribution in [-0.2, 0) is 4.79 Å². The maximum absolute atomic E-state index is 14.1. The van der Waals surface area contributed by atoms with Gasteiger partial charge in [0, 0.05) is 5.92 Å². The molecule has 0 atom stereocenters. The third-order valence-electron chi connectivity index (χ3n) is 3.75. The Balaban J connectivity index is 1.96. The molecule has 0 spiro atoms. The molecule has 1 fully saturated rings. The fourth-order valence-electron chi connectivity index (χ4n) is 2.54. The van der Waals surface area contributed by atoms with E-state index >= 15 is 0 Å². The van der Waals surface area contributed by atoms with Gasteiger partial charge in [0.25, 0.3) is 0 Å². The Labute approximate surface area is 129 Å². The lowest BCUT2D eigenvalue weighted by Crippen LogP contribution is -2.37. The van der Waals surface area contributed by atoms with E-state index in [0.29, 0.717) is 12.8 Å². The monoisotopic (exact) mass is 338 g/mol. The molecule has 0 bridgehead atoms. The van der Waals surface area contributed by atoms with Gasteiger partial charge in [-0.05, 0) is 49.9 Å². The maximum Gasteiger partial charge on any atom is 0.573 e. The summed E-state index contributed by atoms with van der Waals surface area (Å²) in [5.41, 5.74) is 0. The average molecular weight is 338 g/mol. The zero-order chi connectivity index (χ0) is 17.1. The molecule has 1 aliphatic carbocycles. The molecule has 0 heterocycles. The van der Waals surface area contributed by atoms with Crippen molar-refractivity contribution in [3.63, 3.8) is 0 Å². The predicted octanol–water partition coefficient (Wildman–Crippen LogP) is 4.56. The Hall–Kier alpha value is -1.86. The van der Waals surface area contributed by atoms with Gasteiger partial charge in [-0.2, -0.15) is 8.78 Å². The van der Waals surface area contributed by atoms with E-state index in [1.54, 1.807) is 0 Å². The molecule has 1 saturated carbocycles. The second kappa shape index (κ2) is 6.72. The summed E-state index contributed by atoms with van der Waals surface area (Å²) in [7, 11) is 0. The summed E-state index contributed by atoms with van der Waals surface area (Å²) < 4.78 is 72.5. The summed E-state index contributed by atoms with van der Waals surface area (Å²) in [4.78, 5) is 10.6. The number of rotatable bonds is 5. The fraction of sp³-hybridized carbons (Fsp3) is 0.533. The van der Waals surface area contributed by atoms with Crippen molar-refractivity contribution >= 4 is 6.29 Å². The molecular formula is C15H15F5O3. The normalized spacial score (nSPS) is 22.5. The summed E-state index contributed by atoms with van der Waals surface area (Å²) in [5.74, 6) is -1.98. The van der Waals surface area contributed by atoms with Gasteiger partial charge in [0.2, 0.25) is 0 Å². The Morgan fingerprint density at radius 2 is 1.35 bits per heavy atom. The Morgan fingerprint density at radius 3 is 1.78 bits per heavy atom. The highest BCUT2D eigenvalue weighted by Crippen LogP contribution is 2.39. The summed E-state index contributed by atoms with van der Waals surface area (Å²) in [6, 6.07) is 3.79. The standard InChI is InChI=1S/C15H15F5O3/c16-14(17,11-3-1-10(9-21)2-4-11)22-12-5-7-13(8-6-12)23-15(18,19)20/h5-11H,1-4H2. The smallest absolute Gasteiger partial charge is 0.432 e. The van der Waals surface area contributed by atoms with Crippen LogP contribution >= 0.6 is 0 Å². The number of hydrogen-bond donors (Lipinski definition) is 0. The van der Waals surface area contributed by atoms with Gasteiger partial charge in [0.15, 0.2) is 0 Å². The Kier molecular flexibility index (Phi) is 5.11. The molecule has 8 heteroatoms. The van der Waals surface area contributed by atoms with Gasteiger partial charge < -0.3 is 14.3 Å². The van der Waals surface area contributed by atoms with Crippen LogP contribution in [0.5, 0.6) is 11.5 Å². The first kappa shape index (κ1) is 17.5. The lowest BCUT2D eigenvalue weighted by Gasteiger charge is -2.31. The largest absolute Gasteiger partial charge is 0.573 e. The molecule has 1 aromatic carbocycles. The molecule has 2 rings (SSSR count). The van der Waals surface area contributed by atoms with Gasteiger partial charge in [-0.15, -0.1) is 13.2 Å². The number of ether oxygens (including phenoxy) is 2. The highest BCUT2D eigenvalue weighted by Gasteiger charge is 2.44. The van der Waals surface area contributed by atoms with Crippen molar-refractivity contribution in [1.82, 2.24) is 0 Å². The quantitative estimate of drug-likeness (QED) is 0.583. The van der Waals surface area contributed by atoms with Gasteiger partial charge in [0.1, 0.15) is 17.8 Å². The van der Waals surface area contributed by atoms with Crippen molar-refractivity contribution in [1.29, 1.82) is 0 Å². The molecule has 0 unspecified atom stereocenters. The van der Waals surface area contributed by atoms with E-state index in [9.17, 15) is 26.7 Å². The van der Waals surface area contributed by atoms with Crippen LogP contribution in [0.1, 0.15) is 25.7 Å².